The quantitative estimate of drug-likeness (QED) is 0.706. The van der Waals surface area contributed by atoms with Crippen molar-refractivity contribution in [2.75, 3.05) is 6.54 Å². The van der Waals surface area contributed by atoms with E-state index in [1.807, 2.05) is 0 Å². The summed E-state index contributed by atoms with van der Waals surface area (Å²) in [6, 6.07) is 0.694. The van der Waals surface area contributed by atoms with Crippen molar-refractivity contribution >= 4 is 0 Å². The van der Waals surface area contributed by atoms with Crippen molar-refractivity contribution in [3.05, 3.63) is 0 Å². The fourth-order valence-electron chi connectivity index (χ4n) is 2.37. The lowest BCUT2D eigenvalue weighted by atomic mass is 9.77. The molecule has 1 aliphatic carbocycles. The van der Waals surface area contributed by atoms with E-state index in [1.165, 1.54) is 19.3 Å². The first-order valence-electron chi connectivity index (χ1n) is 5.63. The van der Waals surface area contributed by atoms with E-state index in [-0.39, 0.29) is 0 Å². The molecule has 1 aliphatic rings. The van der Waals surface area contributed by atoms with Gasteiger partial charge in [0, 0.05) is 6.04 Å². The first-order chi connectivity index (χ1) is 5.90. The lowest BCUT2D eigenvalue weighted by Crippen LogP contribution is -2.46. The van der Waals surface area contributed by atoms with Crippen molar-refractivity contribution in [2.45, 2.75) is 59.9 Å². The average Bonchev–Trinajstić information content (AvgIpc) is 2.67. The van der Waals surface area contributed by atoms with Crippen LogP contribution in [-0.4, -0.2) is 12.6 Å². The summed E-state index contributed by atoms with van der Waals surface area (Å²) in [7, 11) is 0. The third-order valence-electron chi connectivity index (χ3n) is 3.20. The third kappa shape index (κ3) is 2.70. The van der Waals surface area contributed by atoms with Gasteiger partial charge in [-0.05, 0) is 36.6 Å². The highest BCUT2D eigenvalue weighted by atomic mass is 15.0. The first-order valence-corrected chi connectivity index (χ1v) is 5.63. The van der Waals surface area contributed by atoms with Gasteiger partial charge in [-0.2, -0.15) is 0 Å². The Hall–Kier alpha value is -0.0400. The zero-order chi connectivity index (χ0) is 10.1. The van der Waals surface area contributed by atoms with Crippen LogP contribution >= 0.6 is 0 Å². The zero-order valence-electron chi connectivity index (χ0n) is 9.91. The van der Waals surface area contributed by atoms with Gasteiger partial charge in [-0.3, -0.25) is 0 Å². The summed E-state index contributed by atoms with van der Waals surface area (Å²) in [5, 5.41) is 3.71. The molecule has 0 spiro atoms. The Kier molecular flexibility index (Phi) is 3.06. The van der Waals surface area contributed by atoms with Crippen LogP contribution in [0.5, 0.6) is 0 Å². The normalized spacial score (nSPS) is 22.8. The maximum atomic E-state index is 3.71. The van der Waals surface area contributed by atoms with Gasteiger partial charge in [0.15, 0.2) is 0 Å². The molecule has 0 aromatic carbocycles. The molecule has 1 atom stereocenters. The molecule has 1 unspecified atom stereocenters. The van der Waals surface area contributed by atoms with E-state index in [9.17, 15) is 0 Å². The zero-order valence-corrected chi connectivity index (χ0v) is 9.91. The fraction of sp³-hybridized carbons (Fsp3) is 1.00. The number of hydrogen-bond acceptors (Lipinski definition) is 1. The van der Waals surface area contributed by atoms with Gasteiger partial charge >= 0.3 is 0 Å². The maximum Gasteiger partial charge on any atom is 0.0169 e. The number of nitrogens with one attached hydrogen (secondary N) is 1. The van der Waals surface area contributed by atoms with Crippen LogP contribution < -0.4 is 5.32 Å². The molecule has 1 rings (SSSR count). The largest absolute Gasteiger partial charge is 0.313 e. The molecule has 0 bridgehead atoms. The van der Waals surface area contributed by atoms with Crippen molar-refractivity contribution in [2.24, 2.45) is 10.8 Å². The number of hydrogen-bond donors (Lipinski definition) is 1. The molecular weight excluding hydrogens is 158 g/mol. The first kappa shape index (κ1) is 11.0. The molecular formula is C12H25N. The molecule has 0 saturated heterocycles. The van der Waals surface area contributed by atoms with Gasteiger partial charge in [-0.15, -0.1) is 0 Å². The van der Waals surface area contributed by atoms with Gasteiger partial charge in [0.1, 0.15) is 0 Å². The summed E-state index contributed by atoms with van der Waals surface area (Å²) >= 11 is 0. The molecule has 1 fully saturated rings. The van der Waals surface area contributed by atoms with E-state index in [0.717, 1.165) is 6.54 Å². The van der Waals surface area contributed by atoms with Crippen LogP contribution in [0.25, 0.3) is 0 Å². The van der Waals surface area contributed by atoms with Crippen LogP contribution in [0.3, 0.4) is 0 Å². The van der Waals surface area contributed by atoms with Crippen molar-refractivity contribution in [3.8, 4) is 0 Å². The van der Waals surface area contributed by atoms with Gasteiger partial charge in [0.25, 0.3) is 0 Å². The Labute approximate surface area is 83.3 Å². The second kappa shape index (κ2) is 3.61. The highest BCUT2D eigenvalue weighted by molar-refractivity contribution is 5.03. The topological polar surface area (TPSA) is 12.0 Å². The maximum absolute atomic E-state index is 3.71. The Morgan fingerprint density at radius 3 is 2.15 bits per heavy atom. The summed E-state index contributed by atoms with van der Waals surface area (Å²) in [5.74, 6) is 0. The predicted molar refractivity (Wildman–Crippen MR) is 58.9 cm³/mol. The van der Waals surface area contributed by atoms with Gasteiger partial charge in [0.2, 0.25) is 0 Å². The van der Waals surface area contributed by atoms with Gasteiger partial charge in [-0.25, -0.2) is 0 Å². The van der Waals surface area contributed by atoms with Crippen LogP contribution in [0.1, 0.15) is 53.9 Å². The minimum Gasteiger partial charge on any atom is -0.313 e. The van der Waals surface area contributed by atoms with Crippen LogP contribution in [-0.2, 0) is 0 Å². The molecule has 0 aliphatic heterocycles. The van der Waals surface area contributed by atoms with Crippen LogP contribution in [0.4, 0.5) is 0 Å². The SMILES string of the molecule is CCCNC(C(C)(C)C)C1(C)CC1. The van der Waals surface area contributed by atoms with Gasteiger partial charge in [0.05, 0.1) is 0 Å². The molecule has 1 saturated carbocycles. The van der Waals surface area contributed by atoms with E-state index in [2.05, 4.69) is 39.9 Å². The fourth-order valence-corrected chi connectivity index (χ4v) is 2.37. The molecule has 0 aromatic heterocycles. The predicted octanol–water partition coefficient (Wildman–Crippen LogP) is 3.20. The van der Waals surface area contributed by atoms with Crippen LogP contribution in [0, 0.1) is 10.8 Å². The van der Waals surface area contributed by atoms with E-state index < -0.39 is 0 Å². The Balaban J connectivity index is 2.55. The lowest BCUT2D eigenvalue weighted by Gasteiger charge is -2.36. The molecule has 1 N–H and O–H groups in total. The van der Waals surface area contributed by atoms with Gasteiger partial charge in [-0.1, -0.05) is 34.6 Å². The minimum absolute atomic E-state index is 0.403. The Morgan fingerprint density at radius 2 is 1.85 bits per heavy atom. The monoisotopic (exact) mass is 183 g/mol. The van der Waals surface area contributed by atoms with Crippen LogP contribution in [0.2, 0.25) is 0 Å². The lowest BCUT2D eigenvalue weighted by molar-refractivity contribution is 0.188. The van der Waals surface area contributed by atoms with E-state index >= 15 is 0 Å². The third-order valence-corrected chi connectivity index (χ3v) is 3.20. The molecule has 0 amide bonds. The molecule has 0 aromatic rings. The summed E-state index contributed by atoms with van der Waals surface area (Å²) in [5.41, 5.74) is 0.994. The molecule has 0 heterocycles. The van der Waals surface area contributed by atoms with Crippen molar-refractivity contribution in [1.29, 1.82) is 0 Å². The molecule has 13 heavy (non-hydrogen) atoms. The molecule has 0 radical (unpaired) electrons. The van der Waals surface area contributed by atoms with Crippen molar-refractivity contribution in [1.82, 2.24) is 5.32 Å². The summed E-state index contributed by atoms with van der Waals surface area (Å²) in [6.07, 6.45) is 4.06. The minimum atomic E-state index is 0.403. The second-order valence-corrected chi connectivity index (χ2v) is 5.91. The standard InChI is InChI=1S/C12H25N/c1-6-9-13-10(11(2,3)4)12(5)7-8-12/h10,13H,6-9H2,1-5H3. The molecule has 78 valence electrons. The van der Waals surface area contributed by atoms with E-state index in [0.29, 0.717) is 16.9 Å². The number of rotatable bonds is 4. The average molecular weight is 183 g/mol. The second-order valence-electron chi connectivity index (χ2n) is 5.91. The van der Waals surface area contributed by atoms with Gasteiger partial charge < -0.3 is 5.32 Å². The highest BCUT2D eigenvalue weighted by Gasteiger charge is 2.48. The highest BCUT2D eigenvalue weighted by Crippen LogP contribution is 2.52. The smallest absolute Gasteiger partial charge is 0.0169 e. The van der Waals surface area contributed by atoms with E-state index in [4.69, 9.17) is 0 Å². The van der Waals surface area contributed by atoms with Crippen molar-refractivity contribution in [3.63, 3.8) is 0 Å². The summed E-state index contributed by atoms with van der Waals surface area (Å²) in [4.78, 5) is 0. The van der Waals surface area contributed by atoms with Crippen LogP contribution in [0.15, 0.2) is 0 Å². The van der Waals surface area contributed by atoms with Crippen molar-refractivity contribution < 1.29 is 0 Å². The Bertz CT molecular complexity index is 157. The summed E-state index contributed by atoms with van der Waals surface area (Å²) < 4.78 is 0. The molecule has 1 heteroatoms. The summed E-state index contributed by atoms with van der Waals surface area (Å²) in [6.45, 7) is 12.9. The molecule has 1 nitrogen and oxygen atoms in total. The van der Waals surface area contributed by atoms with E-state index in [1.54, 1.807) is 0 Å². The Morgan fingerprint density at radius 1 is 1.31 bits per heavy atom.